The lowest BCUT2D eigenvalue weighted by molar-refractivity contribution is 1.48. The van der Waals surface area contributed by atoms with Gasteiger partial charge in [0, 0.05) is 4.90 Å². The third-order valence-corrected chi connectivity index (χ3v) is 1.82. The monoisotopic (exact) mass is 180 g/mol. The minimum absolute atomic E-state index is 0. The molecule has 50 valence electrons. The van der Waals surface area contributed by atoms with Crippen molar-refractivity contribution in [3.8, 4) is 0 Å². The lowest BCUT2D eigenvalue weighted by Gasteiger charge is -1.86. The molecular formula is C6H6Cl2S. The third-order valence-electron chi connectivity index (χ3n) is 0.832. The van der Waals surface area contributed by atoms with E-state index < -0.39 is 0 Å². The molecule has 0 atom stereocenters. The normalized spacial score (nSPS) is 8.11. The molecule has 1 rings (SSSR count). The van der Waals surface area contributed by atoms with Gasteiger partial charge in [-0.25, -0.2) is 0 Å². The lowest BCUT2D eigenvalue weighted by atomic mass is 10.4. The highest BCUT2D eigenvalue weighted by Gasteiger charge is 1.82. The molecule has 0 unspecified atom stereocenters. The van der Waals surface area contributed by atoms with Crippen LogP contribution in [0.25, 0.3) is 0 Å². The van der Waals surface area contributed by atoms with Gasteiger partial charge in [0.05, 0.1) is 0 Å². The lowest BCUT2D eigenvalue weighted by Crippen LogP contribution is -1.59. The summed E-state index contributed by atoms with van der Waals surface area (Å²) in [7, 11) is 6.68. The van der Waals surface area contributed by atoms with E-state index in [1.807, 2.05) is 30.3 Å². The smallest absolute Gasteiger partial charge is 0.0233 e. The van der Waals surface area contributed by atoms with E-state index in [1.165, 1.54) is 11.0 Å². The largest absolute Gasteiger partial charge is 0.147 e. The molecule has 9 heavy (non-hydrogen) atoms. The Kier molecular flexibility index (Phi) is 5.06. The van der Waals surface area contributed by atoms with Gasteiger partial charge in [0.15, 0.2) is 0 Å². The van der Waals surface area contributed by atoms with Gasteiger partial charge in [0.2, 0.25) is 0 Å². The molecule has 0 N–H and O–H groups in total. The van der Waals surface area contributed by atoms with Crippen LogP contribution in [0.1, 0.15) is 0 Å². The van der Waals surface area contributed by atoms with Crippen molar-refractivity contribution in [2.24, 2.45) is 0 Å². The van der Waals surface area contributed by atoms with Crippen molar-refractivity contribution >= 4 is 34.1 Å². The molecule has 1 aromatic rings. The zero-order chi connectivity index (χ0) is 5.82. The van der Waals surface area contributed by atoms with Gasteiger partial charge >= 0.3 is 0 Å². The van der Waals surface area contributed by atoms with Gasteiger partial charge in [-0.1, -0.05) is 18.2 Å². The second-order valence-electron chi connectivity index (χ2n) is 1.39. The van der Waals surface area contributed by atoms with E-state index in [4.69, 9.17) is 10.7 Å². The Labute approximate surface area is 69.5 Å². The van der Waals surface area contributed by atoms with Crippen molar-refractivity contribution in [2.45, 2.75) is 4.90 Å². The van der Waals surface area contributed by atoms with Crippen LogP contribution in [0.2, 0.25) is 0 Å². The Hall–Kier alpha value is 0.150. The molecule has 0 fully saturated rings. The summed E-state index contributed by atoms with van der Waals surface area (Å²) in [5.74, 6) is 0. The molecule has 1 aromatic carbocycles. The molecule has 0 nitrogen and oxygen atoms in total. The average Bonchev–Trinajstić information content (AvgIpc) is 1.90. The molecule has 0 heterocycles. The van der Waals surface area contributed by atoms with Crippen molar-refractivity contribution in [2.75, 3.05) is 0 Å². The summed E-state index contributed by atoms with van der Waals surface area (Å²) in [4.78, 5) is 1.09. The molecule has 0 aliphatic carbocycles. The maximum Gasteiger partial charge on any atom is 0.0233 e. The third kappa shape index (κ3) is 2.99. The van der Waals surface area contributed by atoms with Crippen LogP contribution in [0.4, 0.5) is 0 Å². The van der Waals surface area contributed by atoms with E-state index in [0.717, 1.165) is 4.90 Å². The molecule has 0 aromatic heterocycles. The highest BCUT2D eigenvalue weighted by Crippen LogP contribution is 2.19. The molecular weight excluding hydrogens is 175 g/mol. The van der Waals surface area contributed by atoms with Crippen LogP contribution in [-0.2, 0) is 0 Å². The number of benzene rings is 1. The predicted molar refractivity (Wildman–Crippen MR) is 45.4 cm³/mol. The summed E-state index contributed by atoms with van der Waals surface area (Å²) in [6.45, 7) is 0. The maximum absolute atomic E-state index is 5.44. The van der Waals surface area contributed by atoms with Crippen LogP contribution < -0.4 is 0 Å². The fraction of sp³-hybridized carbons (Fsp3) is 0. The van der Waals surface area contributed by atoms with Gasteiger partial charge < -0.3 is 0 Å². The minimum Gasteiger partial charge on any atom is -0.147 e. The van der Waals surface area contributed by atoms with Crippen LogP contribution in [0, 0.1) is 0 Å². The van der Waals surface area contributed by atoms with E-state index in [0.29, 0.717) is 0 Å². The van der Waals surface area contributed by atoms with Crippen molar-refractivity contribution in [1.82, 2.24) is 0 Å². The van der Waals surface area contributed by atoms with Gasteiger partial charge in [-0.05, 0) is 33.8 Å². The van der Waals surface area contributed by atoms with Crippen LogP contribution in [0.5, 0.6) is 0 Å². The first-order valence-electron chi connectivity index (χ1n) is 2.27. The van der Waals surface area contributed by atoms with Crippen LogP contribution in [0.3, 0.4) is 0 Å². The Morgan fingerprint density at radius 3 is 2.00 bits per heavy atom. The molecule has 3 heteroatoms. The van der Waals surface area contributed by atoms with Gasteiger partial charge in [-0.15, -0.1) is 12.4 Å². The van der Waals surface area contributed by atoms with Crippen LogP contribution in [0.15, 0.2) is 35.2 Å². The summed E-state index contributed by atoms with van der Waals surface area (Å²) in [5, 5.41) is 0. The number of halogens is 2. The molecule has 0 aliphatic rings. The first kappa shape index (κ1) is 9.15. The van der Waals surface area contributed by atoms with Gasteiger partial charge in [0.1, 0.15) is 0 Å². The first-order valence-corrected chi connectivity index (χ1v) is 3.91. The minimum atomic E-state index is 0. The SMILES string of the molecule is Cl.ClSc1ccccc1. The predicted octanol–water partition coefficient (Wildman–Crippen LogP) is 3.35. The Bertz CT molecular complexity index is 152. The van der Waals surface area contributed by atoms with E-state index in [1.54, 1.807) is 0 Å². The summed E-state index contributed by atoms with van der Waals surface area (Å²) in [6.07, 6.45) is 0. The van der Waals surface area contributed by atoms with E-state index in [2.05, 4.69) is 0 Å². The topological polar surface area (TPSA) is 0 Å². The van der Waals surface area contributed by atoms with E-state index >= 15 is 0 Å². The van der Waals surface area contributed by atoms with Crippen LogP contribution >= 0.6 is 34.1 Å². The van der Waals surface area contributed by atoms with E-state index in [9.17, 15) is 0 Å². The van der Waals surface area contributed by atoms with Crippen LogP contribution in [-0.4, -0.2) is 0 Å². The zero-order valence-electron chi connectivity index (χ0n) is 4.58. The number of hydrogen-bond donors (Lipinski definition) is 0. The Morgan fingerprint density at radius 2 is 1.67 bits per heavy atom. The van der Waals surface area contributed by atoms with Crippen molar-refractivity contribution in [3.63, 3.8) is 0 Å². The summed E-state index contributed by atoms with van der Waals surface area (Å²) >= 11 is 0. The van der Waals surface area contributed by atoms with E-state index in [-0.39, 0.29) is 12.4 Å². The summed E-state index contributed by atoms with van der Waals surface area (Å²) in [6, 6.07) is 9.83. The molecule has 0 radical (unpaired) electrons. The second kappa shape index (κ2) is 4.98. The highest BCUT2D eigenvalue weighted by molar-refractivity contribution is 8.21. The fourth-order valence-electron chi connectivity index (χ4n) is 0.472. The zero-order valence-corrected chi connectivity index (χ0v) is 6.97. The molecule has 0 spiro atoms. The molecule has 0 aliphatic heterocycles. The van der Waals surface area contributed by atoms with Crippen molar-refractivity contribution in [3.05, 3.63) is 30.3 Å². The van der Waals surface area contributed by atoms with Gasteiger partial charge in [0.25, 0.3) is 0 Å². The van der Waals surface area contributed by atoms with Gasteiger partial charge in [-0.3, -0.25) is 0 Å². The Balaban J connectivity index is 0.000000640. The second-order valence-corrected chi connectivity index (χ2v) is 2.48. The quantitative estimate of drug-likeness (QED) is 0.640. The van der Waals surface area contributed by atoms with Gasteiger partial charge in [-0.2, -0.15) is 0 Å². The standard InChI is InChI=1S/C6H5ClS.ClH/c7-8-6-4-2-1-3-5-6;/h1-5H;1H. The number of hydrogen-bond acceptors (Lipinski definition) is 1. The first-order chi connectivity index (χ1) is 3.93. The molecule has 0 saturated heterocycles. The van der Waals surface area contributed by atoms with Crippen molar-refractivity contribution in [1.29, 1.82) is 0 Å². The molecule has 0 bridgehead atoms. The highest BCUT2D eigenvalue weighted by atomic mass is 35.7. The summed E-state index contributed by atoms with van der Waals surface area (Å²) < 4.78 is 0. The Morgan fingerprint density at radius 1 is 1.11 bits per heavy atom. The fourth-order valence-corrected chi connectivity index (χ4v) is 1.04. The molecule has 0 saturated carbocycles. The maximum atomic E-state index is 5.44. The number of rotatable bonds is 1. The molecule has 0 amide bonds. The summed E-state index contributed by atoms with van der Waals surface area (Å²) in [5.41, 5.74) is 0. The average molecular weight is 181 g/mol. The van der Waals surface area contributed by atoms with Crippen molar-refractivity contribution < 1.29 is 0 Å².